The van der Waals surface area contributed by atoms with E-state index in [1.807, 2.05) is 25.1 Å². The van der Waals surface area contributed by atoms with Gasteiger partial charge in [0.1, 0.15) is 11.6 Å². The van der Waals surface area contributed by atoms with Crippen LogP contribution in [0.1, 0.15) is 18.1 Å². The van der Waals surface area contributed by atoms with Gasteiger partial charge in [0.2, 0.25) is 0 Å². The second-order valence-electron chi connectivity index (χ2n) is 5.81. The van der Waals surface area contributed by atoms with E-state index in [0.717, 1.165) is 5.56 Å². The molecule has 0 saturated heterocycles. The number of ether oxygens (including phenoxy) is 2. The minimum absolute atomic E-state index is 0.0813. The summed E-state index contributed by atoms with van der Waals surface area (Å²) < 4.78 is 10.6. The topological polar surface area (TPSA) is 109 Å². The van der Waals surface area contributed by atoms with Crippen molar-refractivity contribution >= 4 is 23.6 Å². The van der Waals surface area contributed by atoms with Gasteiger partial charge in [-0.25, -0.2) is 4.79 Å². The van der Waals surface area contributed by atoms with Gasteiger partial charge in [0.05, 0.1) is 6.61 Å². The largest absolute Gasteiger partial charge is 0.490 e. The van der Waals surface area contributed by atoms with E-state index in [1.54, 1.807) is 31.2 Å². The monoisotopic (exact) mass is 380 g/mol. The molecule has 0 bridgehead atoms. The van der Waals surface area contributed by atoms with E-state index in [-0.39, 0.29) is 11.3 Å². The van der Waals surface area contributed by atoms with E-state index in [2.05, 4.69) is 5.32 Å². The number of carboxylic acid groups (broad SMARTS) is 1. The number of carbonyl (C=O) groups is 2. The summed E-state index contributed by atoms with van der Waals surface area (Å²) in [5.41, 5.74) is 2.11. The fourth-order valence-corrected chi connectivity index (χ4v) is 2.29. The Labute approximate surface area is 162 Å². The number of hydrogen-bond donors (Lipinski definition) is 2. The Bertz CT molecular complexity index is 927. The van der Waals surface area contributed by atoms with E-state index in [9.17, 15) is 14.9 Å². The first kappa shape index (κ1) is 20.5. The number of benzene rings is 2. The molecule has 2 aromatic rings. The van der Waals surface area contributed by atoms with Crippen LogP contribution in [-0.2, 0) is 9.59 Å². The van der Waals surface area contributed by atoms with Crippen LogP contribution in [0.4, 0.5) is 5.69 Å². The Balaban J connectivity index is 2.23. The van der Waals surface area contributed by atoms with Crippen LogP contribution in [0.5, 0.6) is 11.5 Å². The molecule has 0 spiro atoms. The maximum absolute atomic E-state index is 12.4. The SMILES string of the molecule is CCOc1cc(/C=C(\C#N)C(=O)Nc2ccc(C)cc2)ccc1OCC(=O)O. The van der Waals surface area contributed by atoms with Gasteiger partial charge < -0.3 is 19.9 Å². The zero-order valence-electron chi connectivity index (χ0n) is 15.6. The van der Waals surface area contributed by atoms with Gasteiger partial charge in [0, 0.05) is 5.69 Å². The zero-order valence-corrected chi connectivity index (χ0v) is 15.6. The molecule has 144 valence electrons. The summed E-state index contributed by atoms with van der Waals surface area (Å²) in [6, 6.07) is 13.8. The van der Waals surface area contributed by atoms with E-state index < -0.39 is 18.5 Å². The molecular formula is C21H20N2O5. The van der Waals surface area contributed by atoms with Crippen LogP contribution in [0, 0.1) is 18.3 Å². The van der Waals surface area contributed by atoms with E-state index in [0.29, 0.717) is 23.6 Å². The Morgan fingerprint density at radius 3 is 2.46 bits per heavy atom. The third-order valence-corrected chi connectivity index (χ3v) is 3.60. The number of carboxylic acids is 1. The van der Waals surface area contributed by atoms with E-state index >= 15 is 0 Å². The molecule has 0 heterocycles. The molecule has 1 amide bonds. The minimum atomic E-state index is -1.11. The van der Waals surface area contributed by atoms with Crippen LogP contribution in [0.15, 0.2) is 48.0 Å². The highest BCUT2D eigenvalue weighted by molar-refractivity contribution is 6.09. The highest BCUT2D eigenvalue weighted by atomic mass is 16.5. The lowest BCUT2D eigenvalue weighted by Gasteiger charge is -2.11. The lowest BCUT2D eigenvalue weighted by atomic mass is 10.1. The summed E-state index contributed by atoms with van der Waals surface area (Å²) in [5, 5.41) is 20.8. The third kappa shape index (κ3) is 5.88. The van der Waals surface area contributed by atoms with Crippen LogP contribution in [0.2, 0.25) is 0 Å². The van der Waals surface area contributed by atoms with Crippen molar-refractivity contribution in [2.24, 2.45) is 0 Å². The molecule has 7 heteroatoms. The van der Waals surface area contributed by atoms with Gasteiger partial charge in [0.25, 0.3) is 5.91 Å². The van der Waals surface area contributed by atoms with Gasteiger partial charge in [-0.3, -0.25) is 4.79 Å². The predicted molar refractivity (Wildman–Crippen MR) is 104 cm³/mol. The normalized spacial score (nSPS) is 10.7. The van der Waals surface area contributed by atoms with Crippen molar-refractivity contribution in [3.8, 4) is 17.6 Å². The average Bonchev–Trinajstić information content (AvgIpc) is 2.67. The summed E-state index contributed by atoms with van der Waals surface area (Å²) in [7, 11) is 0. The molecule has 0 aliphatic heterocycles. The number of aliphatic carboxylic acids is 1. The lowest BCUT2D eigenvalue weighted by Crippen LogP contribution is -2.13. The number of amides is 1. The van der Waals surface area contributed by atoms with E-state index in [4.69, 9.17) is 14.6 Å². The van der Waals surface area contributed by atoms with Crippen LogP contribution < -0.4 is 14.8 Å². The predicted octanol–water partition coefficient (Wildman–Crippen LogP) is 3.40. The third-order valence-electron chi connectivity index (χ3n) is 3.60. The van der Waals surface area contributed by atoms with Crippen molar-refractivity contribution < 1.29 is 24.2 Å². The molecule has 28 heavy (non-hydrogen) atoms. The van der Waals surface area contributed by atoms with Crippen molar-refractivity contribution in [2.45, 2.75) is 13.8 Å². The molecule has 0 aliphatic rings. The molecule has 2 N–H and O–H groups in total. The maximum atomic E-state index is 12.4. The van der Waals surface area contributed by atoms with Crippen molar-refractivity contribution in [1.82, 2.24) is 0 Å². The molecule has 2 rings (SSSR count). The smallest absolute Gasteiger partial charge is 0.341 e. The lowest BCUT2D eigenvalue weighted by molar-refractivity contribution is -0.139. The first-order chi connectivity index (χ1) is 13.4. The number of rotatable bonds is 8. The highest BCUT2D eigenvalue weighted by Gasteiger charge is 2.12. The van der Waals surface area contributed by atoms with Crippen molar-refractivity contribution in [1.29, 1.82) is 5.26 Å². The van der Waals surface area contributed by atoms with Crippen molar-refractivity contribution in [2.75, 3.05) is 18.5 Å². The summed E-state index contributed by atoms with van der Waals surface area (Å²) in [6.45, 7) is 3.55. The number of carbonyl (C=O) groups excluding carboxylic acids is 1. The fraction of sp³-hybridized carbons (Fsp3) is 0.190. The van der Waals surface area contributed by atoms with E-state index in [1.165, 1.54) is 12.1 Å². The van der Waals surface area contributed by atoms with Gasteiger partial charge in [-0.1, -0.05) is 23.8 Å². The molecular weight excluding hydrogens is 360 g/mol. The second-order valence-corrected chi connectivity index (χ2v) is 5.81. The highest BCUT2D eigenvalue weighted by Crippen LogP contribution is 2.29. The quantitative estimate of drug-likeness (QED) is 0.537. The van der Waals surface area contributed by atoms with Crippen LogP contribution in [0.3, 0.4) is 0 Å². The van der Waals surface area contributed by atoms with Gasteiger partial charge in [-0.15, -0.1) is 0 Å². The van der Waals surface area contributed by atoms with Gasteiger partial charge in [-0.05, 0) is 49.8 Å². The Kier molecular flexibility index (Phi) is 7.17. The number of anilines is 1. The number of aryl methyl sites for hydroxylation is 1. The fourth-order valence-electron chi connectivity index (χ4n) is 2.29. The minimum Gasteiger partial charge on any atom is -0.490 e. The van der Waals surface area contributed by atoms with Gasteiger partial charge in [0.15, 0.2) is 18.1 Å². The number of nitriles is 1. The first-order valence-corrected chi connectivity index (χ1v) is 8.54. The molecule has 0 unspecified atom stereocenters. The van der Waals surface area contributed by atoms with Gasteiger partial charge >= 0.3 is 5.97 Å². The van der Waals surface area contributed by atoms with Crippen molar-refractivity contribution in [3.05, 3.63) is 59.2 Å². The summed E-state index contributed by atoms with van der Waals surface area (Å²) in [6.07, 6.45) is 1.42. The molecule has 0 aliphatic carbocycles. The summed E-state index contributed by atoms with van der Waals surface area (Å²) in [4.78, 5) is 23.0. The van der Waals surface area contributed by atoms with Crippen LogP contribution >= 0.6 is 0 Å². The number of nitrogens with one attached hydrogen (secondary N) is 1. The first-order valence-electron chi connectivity index (χ1n) is 8.54. The summed E-state index contributed by atoms with van der Waals surface area (Å²) >= 11 is 0. The zero-order chi connectivity index (χ0) is 20.5. The summed E-state index contributed by atoms with van der Waals surface area (Å²) in [5.74, 6) is -1.04. The molecule has 0 saturated carbocycles. The Morgan fingerprint density at radius 2 is 1.86 bits per heavy atom. The van der Waals surface area contributed by atoms with Crippen LogP contribution in [-0.4, -0.2) is 30.2 Å². The molecule has 0 aromatic heterocycles. The number of nitrogens with zero attached hydrogens (tertiary/aromatic N) is 1. The molecule has 7 nitrogen and oxygen atoms in total. The van der Waals surface area contributed by atoms with Crippen molar-refractivity contribution in [3.63, 3.8) is 0 Å². The molecule has 0 atom stereocenters. The second kappa shape index (κ2) is 9.78. The standard InChI is InChI=1S/C21H20N2O5/c1-3-27-19-11-15(6-9-18(19)28-13-20(24)25)10-16(12-22)21(26)23-17-7-4-14(2)5-8-17/h4-11H,3,13H2,1-2H3,(H,23,26)(H,24,25)/b16-10+. The maximum Gasteiger partial charge on any atom is 0.341 e. The molecule has 0 fully saturated rings. The number of hydrogen-bond acceptors (Lipinski definition) is 5. The average molecular weight is 380 g/mol. The Morgan fingerprint density at radius 1 is 1.14 bits per heavy atom. The Hall–Kier alpha value is -3.79. The van der Waals surface area contributed by atoms with Crippen LogP contribution in [0.25, 0.3) is 6.08 Å². The van der Waals surface area contributed by atoms with Gasteiger partial charge in [-0.2, -0.15) is 5.26 Å². The molecule has 0 radical (unpaired) electrons. The molecule has 2 aromatic carbocycles.